The largest absolute Gasteiger partial charge is 0.444 e. The van der Waals surface area contributed by atoms with E-state index in [1.165, 1.54) is 3.97 Å². The molecular formula is C32H44N2O8S. The first-order chi connectivity index (χ1) is 20.2. The molecule has 236 valence electrons. The number of rotatable bonds is 10. The first-order valence-corrected chi connectivity index (χ1v) is 16.1. The second-order valence-corrected chi connectivity index (χ2v) is 14.1. The molecule has 11 heteroatoms. The Morgan fingerprint density at radius 1 is 1.14 bits per heavy atom. The third-order valence-electron chi connectivity index (χ3n) is 7.43. The second kappa shape index (κ2) is 13.4. The molecule has 1 saturated heterocycles. The molecule has 0 radical (unpaired) electrons. The van der Waals surface area contributed by atoms with Crippen LogP contribution in [0.2, 0.25) is 0 Å². The summed E-state index contributed by atoms with van der Waals surface area (Å²) >= 11 is 0. The summed E-state index contributed by atoms with van der Waals surface area (Å²) in [6.07, 6.45) is 0.188. The standard InChI is InChI=1S/C32H44N2O8S/c1-20-15-21(2)30(22(3)16-20)43(38,39)34-18-23(24-11-7-8-12-26(24)34)17-25(33-31(37)42-32(4,5)6)29(27(36)19-35)41-28-13-9-10-14-40-28/h7-8,11-12,15-16,18,25,27-29,35-36H,9-10,13-14,17,19H2,1-6H3,(H,33,37)/t25-,27?,28?,29-/m0/s1. The number of amides is 1. The fourth-order valence-corrected chi connectivity index (χ4v) is 7.56. The van der Waals surface area contributed by atoms with E-state index in [1.54, 1.807) is 52.9 Å². The van der Waals surface area contributed by atoms with Crippen molar-refractivity contribution in [1.29, 1.82) is 0 Å². The number of nitrogens with one attached hydrogen (secondary N) is 1. The van der Waals surface area contributed by atoms with E-state index in [0.29, 0.717) is 40.6 Å². The van der Waals surface area contributed by atoms with Gasteiger partial charge in [-0.1, -0.05) is 35.9 Å². The molecule has 0 aliphatic carbocycles. The molecular weight excluding hydrogens is 572 g/mol. The number of aliphatic hydroxyl groups excluding tert-OH is 2. The smallest absolute Gasteiger partial charge is 0.407 e. The lowest BCUT2D eigenvalue weighted by atomic mass is 9.97. The molecule has 1 fully saturated rings. The van der Waals surface area contributed by atoms with Gasteiger partial charge in [0, 0.05) is 18.2 Å². The van der Waals surface area contributed by atoms with Gasteiger partial charge in [0.1, 0.15) is 17.8 Å². The van der Waals surface area contributed by atoms with Crippen molar-refractivity contribution >= 4 is 27.0 Å². The number of aryl methyl sites for hydroxylation is 3. The number of fused-ring (bicyclic) bond motifs is 1. The van der Waals surface area contributed by atoms with Crippen LogP contribution in [0.1, 0.15) is 62.3 Å². The quantitative estimate of drug-likeness (QED) is 0.303. The van der Waals surface area contributed by atoms with Crippen LogP contribution in [0.5, 0.6) is 0 Å². The summed E-state index contributed by atoms with van der Waals surface area (Å²) in [5.74, 6) is 0. The summed E-state index contributed by atoms with van der Waals surface area (Å²) < 4.78 is 47.0. The van der Waals surface area contributed by atoms with Crippen LogP contribution >= 0.6 is 0 Å². The number of carbonyl (C=O) groups is 1. The van der Waals surface area contributed by atoms with Gasteiger partial charge in [-0.25, -0.2) is 17.2 Å². The molecule has 3 aromatic rings. The Morgan fingerprint density at radius 3 is 2.42 bits per heavy atom. The molecule has 4 atom stereocenters. The van der Waals surface area contributed by atoms with E-state index in [-0.39, 0.29) is 11.3 Å². The number of para-hydroxylation sites is 1. The van der Waals surface area contributed by atoms with Crippen molar-refractivity contribution in [3.8, 4) is 0 Å². The highest BCUT2D eigenvalue weighted by Gasteiger charge is 2.36. The average molecular weight is 617 g/mol. The molecule has 0 bridgehead atoms. The molecule has 2 heterocycles. The zero-order valence-corrected chi connectivity index (χ0v) is 26.6. The van der Waals surface area contributed by atoms with Crippen molar-refractivity contribution in [2.45, 2.75) is 102 Å². The summed E-state index contributed by atoms with van der Waals surface area (Å²) in [5.41, 5.74) is 2.55. The Kier molecular flexibility index (Phi) is 10.2. The van der Waals surface area contributed by atoms with Crippen LogP contribution in [-0.2, 0) is 30.7 Å². The highest BCUT2D eigenvalue weighted by molar-refractivity contribution is 7.90. The minimum atomic E-state index is -4.01. The maximum absolute atomic E-state index is 14.1. The maximum atomic E-state index is 14.1. The fraction of sp³-hybridized carbons (Fsp3) is 0.531. The molecule has 10 nitrogen and oxygen atoms in total. The lowest BCUT2D eigenvalue weighted by molar-refractivity contribution is -0.216. The minimum Gasteiger partial charge on any atom is -0.444 e. The van der Waals surface area contributed by atoms with Gasteiger partial charge in [-0.2, -0.15) is 0 Å². The zero-order chi connectivity index (χ0) is 31.5. The number of alkyl carbamates (subject to hydrolysis) is 1. The molecule has 43 heavy (non-hydrogen) atoms. The minimum absolute atomic E-state index is 0.0720. The summed E-state index contributed by atoms with van der Waals surface area (Å²) in [6.45, 7) is 10.6. The monoisotopic (exact) mass is 616 g/mol. The molecule has 3 N–H and O–H groups in total. The van der Waals surface area contributed by atoms with Crippen molar-refractivity contribution in [2.24, 2.45) is 0 Å². The van der Waals surface area contributed by atoms with E-state index in [4.69, 9.17) is 14.2 Å². The summed E-state index contributed by atoms with van der Waals surface area (Å²) in [5, 5.41) is 24.3. The highest BCUT2D eigenvalue weighted by Crippen LogP contribution is 2.31. The average Bonchev–Trinajstić information content (AvgIpc) is 3.29. The highest BCUT2D eigenvalue weighted by atomic mass is 32.2. The van der Waals surface area contributed by atoms with Gasteiger partial charge in [0.05, 0.1) is 23.1 Å². The van der Waals surface area contributed by atoms with Gasteiger partial charge in [-0.3, -0.25) is 0 Å². The number of hydrogen-bond donors (Lipinski definition) is 3. The third-order valence-corrected chi connectivity index (χ3v) is 9.41. The van der Waals surface area contributed by atoms with Crippen molar-refractivity contribution < 1.29 is 37.6 Å². The Morgan fingerprint density at radius 2 is 1.81 bits per heavy atom. The topological polar surface area (TPSA) is 136 Å². The Hall–Kier alpha value is -2.96. The van der Waals surface area contributed by atoms with E-state index in [1.807, 2.05) is 31.2 Å². The number of nitrogens with zero attached hydrogens (tertiary/aromatic N) is 1. The molecule has 0 spiro atoms. The van der Waals surface area contributed by atoms with Crippen LogP contribution in [0.25, 0.3) is 10.9 Å². The van der Waals surface area contributed by atoms with E-state index in [0.717, 1.165) is 18.4 Å². The molecule has 1 aliphatic rings. The zero-order valence-electron chi connectivity index (χ0n) is 25.8. The first-order valence-electron chi connectivity index (χ1n) is 14.7. The van der Waals surface area contributed by atoms with E-state index in [2.05, 4.69) is 5.32 Å². The predicted octanol–water partition coefficient (Wildman–Crippen LogP) is 4.50. The van der Waals surface area contributed by atoms with Crippen LogP contribution in [0.4, 0.5) is 4.79 Å². The molecule has 2 unspecified atom stereocenters. The van der Waals surface area contributed by atoms with Crippen LogP contribution in [0.3, 0.4) is 0 Å². The van der Waals surface area contributed by atoms with Gasteiger partial charge < -0.3 is 29.7 Å². The number of benzene rings is 2. The van der Waals surface area contributed by atoms with Crippen LogP contribution in [0.15, 0.2) is 47.5 Å². The molecule has 1 aromatic heterocycles. The Labute approximate surface area is 254 Å². The number of hydrogen-bond acceptors (Lipinski definition) is 8. The third kappa shape index (κ3) is 7.77. The number of aromatic nitrogens is 1. The van der Waals surface area contributed by atoms with Gasteiger partial charge in [-0.15, -0.1) is 0 Å². The molecule has 2 aromatic carbocycles. The van der Waals surface area contributed by atoms with Crippen LogP contribution in [-0.4, -0.2) is 72.1 Å². The van der Waals surface area contributed by atoms with Crippen molar-refractivity contribution in [2.75, 3.05) is 13.2 Å². The lowest BCUT2D eigenvalue weighted by Crippen LogP contribution is -2.54. The summed E-state index contributed by atoms with van der Waals surface area (Å²) in [7, 11) is -4.01. The SMILES string of the molecule is Cc1cc(C)c(S(=O)(=O)n2cc(C[C@H](NC(=O)OC(C)(C)C)[C@H](OC3CCCCO3)C(O)CO)c3ccccc32)c(C)c1. The fourth-order valence-electron chi connectivity index (χ4n) is 5.75. The first kappa shape index (κ1) is 32.9. The summed E-state index contributed by atoms with van der Waals surface area (Å²) in [6, 6.07) is 9.92. The second-order valence-electron chi connectivity index (χ2n) is 12.3. The van der Waals surface area contributed by atoms with Gasteiger partial charge in [0.25, 0.3) is 10.0 Å². The van der Waals surface area contributed by atoms with E-state index in [9.17, 15) is 23.4 Å². The number of carbonyl (C=O) groups excluding carboxylic acids is 1. The molecule has 4 rings (SSSR count). The molecule has 1 amide bonds. The van der Waals surface area contributed by atoms with Crippen molar-refractivity contribution in [1.82, 2.24) is 9.29 Å². The van der Waals surface area contributed by atoms with Gasteiger partial charge in [-0.05, 0) is 90.0 Å². The van der Waals surface area contributed by atoms with Gasteiger partial charge >= 0.3 is 6.09 Å². The van der Waals surface area contributed by atoms with Crippen LogP contribution in [0, 0.1) is 20.8 Å². The van der Waals surface area contributed by atoms with E-state index >= 15 is 0 Å². The normalized spacial score (nSPS) is 18.3. The van der Waals surface area contributed by atoms with Crippen molar-refractivity contribution in [3.63, 3.8) is 0 Å². The molecule has 0 saturated carbocycles. The van der Waals surface area contributed by atoms with Crippen LogP contribution < -0.4 is 5.32 Å². The van der Waals surface area contributed by atoms with Gasteiger partial charge in [0.15, 0.2) is 6.29 Å². The Balaban J connectivity index is 1.79. The number of ether oxygens (including phenoxy) is 3. The lowest BCUT2D eigenvalue weighted by Gasteiger charge is -2.35. The molecule has 1 aliphatic heterocycles. The predicted molar refractivity (Wildman–Crippen MR) is 164 cm³/mol. The van der Waals surface area contributed by atoms with Crippen molar-refractivity contribution in [3.05, 3.63) is 64.8 Å². The maximum Gasteiger partial charge on any atom is 0.407 e. The Bertz CT molecular complexity index is 1510. The number of aliphatic hydroxyl groups is 2. The van der Waals surface area contributed by atoms with E-state index < -0.39 is 52.9 Å². The van der Waals surface area contributed by atoms with Gasteiger partial charge in [0.2, 0.25) is 0 Å². The summed E-state index contributed by atoms with van der Waals surface area (Å²) in [4.78, 5) is 13.3.